The zero-order chi connectivity index (χ0) is 68.9. The lowest BCUT2D eigenvalue weighted by Crippen LogP contribution is -2.66. The summed E-state index contributed by atoms with van der Waals surface area (Å²) >= 11 is 0. The molecule has 17 unspecified atom stereocenters. The first-order chi connectivity index (χ1) is 46.3. The highest BCUT2D eigenvalue weighted by Gasteiger charge is 2.53. The first-order valence-corrected chi connectivity index (χ1v) is 38.7. The third-order valence-electron chi connectivity index (χ3n) is 19.4. The van der Waals surface area contributed by atoms with Gasteiger partial charge in [0.25, 0.3) is 0 Å². The van der Waals surface area contributed by atoms with Gasteiger partial charge in [-0.1, -0.05) is 281 Å². The van der Waals surface area contributed by atoms with E-state index in [0.717, 1.165) is 44.9 Å². The quantitative estimate of drug-likeness (QED) is 0.0199. The molecule has 0 aromatic rings. The Morgan fingerprint density at radius 1 is 0.368 bits per heavy atom. The molecule has 0 spiro atoms. The van der Waals surface area contributed by atoms with Gasteiger partial charge in [0, 0.05) is 6.42 Å². The van der Waals surface area contributed by atoms with E-state index in [1.165, 1.54) is 231 Å². The molecule has 3 rings (SSSR count). The van der Waals surface area contributed by atoms with Gasteiger partial charge in [0.1, 0.15) is 73.2 Å². The Balaban J connectivity index is 1.41. The van der Waals surface area contributed by atoms with Crippen LogP contribution < -0.4 is 5.32 Å². The highest BCUT2D eigenvalue weighted by molar-refractivity contribution is 5.76. The van der Waals surface area contributed by atoms with Gasteiger partial charge in [-0.3, -0.25) is 4.79 Å². The number of aliphatic hydroxyl groups excluding tert-OH is 11. The highest BCUT2D eigenvalue weighted by Crippen LogP contribution is 2.33. The molecule has 3 saturated heterocycles. The third-order valence-corrected chi connectivity index (χ3v) is 19.4. The van der Waals surface area contributed by atoms with E-state index in [0.29, 0.717) is 12.8 Å². The Kier molecular flexibility index (Phi) is 52.9. The average molecular weight is 1360 g/mol. The molecule has 0 bridgehead atoms. The number of allylic oxidation sites excluding steroid dienone is 5. The van der Waals surface area contributed by atoms with Crippen molar-refractivity contribution in [1.29, 1.82) is 0 Å². The molecule has 3 fully saturated rings. The molecule has 558 valence electrons. The summed E-state index contributed by atoms with van der Waals surface area (Å²) < 4.78 is 34.4. The Morgan fingerprint density at radius 3 is 1.05 bits per heavy atom. The van der Waals surface area contributed by atoms with Gasteiger partial charge in [0.2, 0.25) is 5.91 Å². The number of hydrogen-bond donors (Lipinski definition) is 12. The maximum absolute atomic E-state index is 13.4. The molecule has 1 amide bonds. The normalized spacial score (nSPS) is 27.4. The molecule has 0 aromatic carbocycles. The van der Waals surface area contributed by atoms with Crippen molar-refractivity contribution in [2.75, 3.05) is 26.4 Å². The minimum atomic E-state index is -1.98. The van der Waals surface area contributed by atoms with E-state index in [-0.39, 0.29) is 18.9 Å². The topological polar surface area (TPSA) is 307 Å². The van der Waals surface area contributed by atoms with E-state index in [4.69, 9.17) is 28.4 Å². The fourth-order valence-electron chi connectivity index (χ4n) is 13.1. The van der Waals surface area contributed by atoms with E-state index < -0.39 is 124 Å². The lowest BCUT2D eigenvalue weighted by molar-refractivity contribution is -0.379. The van der Waals surface area contributed by atoms with Crippen molar-refractivity contribution < 1.29 is 89.4 Å². The Labute approximate surface area is 574 Å². The number of carbonyl (C=O) groups is 1. The maximum atomic E-state index is 13.4. The van der Waals surface area contributed by atoms with Gasteiger partial charge in [-0.2, -0.15) is 0 Å². The van der Waals surface area contributed by atoms with Gasteiger partial charge >= 0.3 is 0 Å². The standard InChI is InChI=1S/C76H141NO18/c1-3-5-7-9-11-13-15-17-19-21-23-25-26-27-28-29-30-31-32-34-35-37-39-41-43-45-47-49-51-53-60(81)59(77-64(82)54-52-50-48-46-44-42-40-38-36-33-24-22-20-18-16-14-12-10-8-6-4-2)58-90-74-70(88)67(85)72(62(56-79)92-74)95-76-71(89)68(86)73(63(57-80)93-76)94-75-69(87)66(84)65(83)61(55-78)91-75/h22,24,43,45,51,53,59-63,65-76,78-81,83-89H,3-21,23,25-42,44,46-50,52,54-58H2,1-2H3,(H,77,82)/b24-22-,45-43+,53-51+. The largest absolute Gasteiger partial charge is 0.394 e. The molecule has 12 N–H and O–H groups in total. The van der Waals surface area contributed by atoms with Crippen LogP contribution in [0.1, 0.15) is 309 Å². The number of rotatable bonds is 61. The molecule has 19 nitrogen and oxygen atoms in total. The van der Waals surface area contributed by atoms with Crippen molar-refractivity contribution in [3.8, 4) is 0 Å². The number of carbonyl (C=O) groups excluding carboxylic acids is 1. The van der Waals surface area contributed by atoms with E-state index in [1.54, 1.807) is 6.08 Å². The molecule has 17 atom stereocenters. The number of ether oxygens (including phenoxy) is 6. The number of nitrogens with one attached hydrogen (secondary N) is 1. The molecule has 19 heteroatoms. The van der Waals surface area contributed by atoms with Crippen LogP contribution in [0.15, 0.2) is 36.5 Å². The summed E-state index contributed by atoms with van der Waals surface area (Å²) in [4.78, 5) is 13.4. The smallest absolute Gasteiger partial charge is 0.220 e. The lowest BCUT2D eigenvalue weighted by atomic mass is 9.96. The predicted molar refractivity (Wildman–Crippen MR) is 374 cm³/mol. The maximum Gasteiger partial charge on any atom is 0.220 e. The van der Waals surface area contributed by atoms with E-state index in [9.17, 15) is 61.0 Å². The SMILES string of the molecule is CCCCCCCCCC/C=C\CCCCCCCCCCCC(=O)NC(COC1OC(CO)C(OC2OC(CO)C(OC3OC(CO)C(O)C(O)C3O)C(O)C2O)C(O)C1O)C(O)/C=C/CC/C=C/CCCCCCCCCCCCCCCCCCCCCCCCC. The third kappa shape index (κ3) is 38.6. The van der Waals surface area contributed by atoms with Gasteiger partial charge in [-0.25, -0.2) is 0 Å². The Morgan fingerprint density at radius 2 is 0.674 bits per heavy atom. The van der Waals surface area contributed by atoms with E-state index >= 15 is 0 Å². The zero-order valence-corrected chi connectivity index (χ0v) is 59.4. The molecule has 0 aliphatic carbocycles. The van der Waals surface area contributed by atoms with Crippen molar-refractivity contribution in [3.63, 3.8) is 0 Å². The summed E-state index contributed by atoms with van der Waals surface area (Å²) in [6.07, 6.45) is 42.8. The molecular weight excluding hydrogens is 1210 g/mol. The number of unbranched alkanes of at least 4 members (excludes halogenated alkanes) is 41. The summed E-state index contributed by atoms with van der Waals surface area (Å²) in [5.41, 5.74) is 0. The van der Waals surface area contributed by atoms with Gasteiger partial charge in [-0.05, 0) is 57.8 Å². The molecule has 3 aliphatic heterocycles. The minimum absolute atomic E-state index is 0.234. The first-order valence-electron chi connectivity index (χ1n) is 38.7. The van der Waals surface area contributed by atoms with Gasteiger partial charge in [0.05, 0.1) is 38.6 Å². The highest BCUT2D eigenvalue weighted by atomic mass is 16.8. The number of hydrogen-bond acceptors (Lipinski definition) is 18. The fourth-order valence-corrected chi connectivity index (χ4v) is 13.1. The molecule has 3 heterocycles. The molecular formula is C76H141NO18. The van der Waals surface area contributed by atoms with Crippen LogP contribution in [0.2, 0.25) is 0 Å². The summed E-state index contributed by atoms with van der Waals surface area (Å²) in [7, 11) is 0. The van der Waals surface area contributed by atoms with Crippen LogP contribution in [0.3, 0.4) is 0 Å². The minimum Gasteiger partial charge on any atom is -0.394 e. The van der Waals surface area contributed by atoms with Crippen molar-refractivity contribution in [3.05, 3.63) is 36.5 Å². The summed E-state index contributed by atoms with van der Waals surface area (Å²) in [6.45, 7) is 1.76. The van der Waals surface area contributed by atoms with Gasteiger partial charge in [-0.15, -0.1) is 0 Å². The predicted octanol–water partition coefficient (Wildman–Crippen LogP) is 11.9. The van der Waals surface area contributed by atoms with Crippen LogP contribution in [-0.2, 0) is 33.2 Å². The first kappa shape index (κ1) is 87.2. The summed E-state index contributed by atoms with van der Waals surface area (Å²) in [5, 5.41) is 121. The molecule has 0 aromatic heterocycles. The molecule has 95 heavy (non-hydrogen) atoms. The Hall–Kier alpha value is -1.99. The van der Waals surface area contributed by atoms with Crippen molar-refractivity contribution in [1.82, 2.24) is 5.32 Å². The molecule has 0 saturated carbocycles. The zero-order valence-electron chi connectivity index (χ0n) is 59.4. The van der Waals surface area contributed by atoms with Crippen molar-refractivity contribution in [2.45, 2.75) is 413 Å². The lowest BCUT2D eigenvalue weighted by Gasteiger charge is -2.48. The monoisotopic (exact) mass is 1360 g/mol. The van der Waals surface area contributed by atoms with Gasteiger partial charge in [0.15, 0.2) is 18.9 Å². The Bertz CT molecular complexity index is 1860. The second kappa shape index (κ2) is 57.6. The van der Waals surface area contributed by atoms with Crippen LogP contribution >= 0.6 is 0 Å². The fraction of sp³-hybridized carbons (Fsp3) is 0.908. The second-order valence-electron chi connectivity index (χ2n) is 27.8. The summed E-state index contributed by atoms with van der Waals surface area (Å²) in [5.74, 6) is -0.284. The number of amides is 1. The van der Waals surface area contributed by atoms with Crippen LogP contribution in [0.4, 0.5) is 0 Å². The molecule has 3 aliphatic rings. The number of aliphatic hydroxyl groups is 11. The average Bonchev–Trinajstić information content (AvgIpc) is 0.787. The van der Waals surface area contributed by atoms with Crippen molar-refractivity contribution >= 4 is 5.91 Å². The van der Waals surface area contributed by atoms with E-state index in [1.807, 2.05) is 6.08 Å². The van der Waals surface area contributed by atoms with Crippen LogP contribution in [0.5, 0.6) is 0 Å². The molecule has 0 radical (unpaired) electrons. The second-order valence-corrected chi connectivity index (χ2v) is 27.8. The summed E-state index contributed by atoms with van der Waals surface area (Å²) in [6, 6.07) is -0.992. The van der Waals surface area contributed by atoms with Gasteiger partial charge < -0.3 is 89.9 Å². The van der Waals surface area contributed by atoms with E-state index in [2.05, 4.69) is 43.5 Å². The van der Waals surface area contributed by atoms with Crippen LogP contribution in [0.25, 0.3) is 0 Å². The van der Waals surface area contributed by atoms with Crippen molar-refractivity contribution in [2.24, 2.45) is 0 Å². The van der Waals surface area contributed by atoms with Crippen LogP contribution in [0, 0.1) is 0 Å². The van der Waals surface area contributed by atoms with Crippen LogP contribution in [-0.4, -0.2) is 193 Å².